The van der Waals surface area contributed by atoms with Crippen LogP contribution in [0.5, 0.6) is 0 Å². The first-order chi connectivity index (χ1) is 13.7. The Balaban J connectivity index is 3.43. The Hall–Kier alpha value is -0.530. The van der Waals surface area contributed by atoms with Crippen LogP contribution in [0.4, 0.5) is 0 Å². The Morgan fingerprint density at radius 2 is 0.750 bits per heavy atom. The number of hydrogen-bond donors (Lipinski definition) is 1. The second kappa shape index (κ2) is 22.8. The fraction of sp³-hybridized carbons (Fsp3) is 0.962. The van der Waals surface area contributed by atoms with Crippen LogP contribution < -0.4 is 5.73 Å². The minimum absolute atomic E-state index is 0.0639. The van der Waals surface area contributed by atoms with E-state index in [-0.39, 0.29) is 11.8 Å². The van der Waals surface area contributed by atoms with Crippen molar-refractivity contribution in [3.05, 3.63) is 0 Å². The molecular formula is C26H53NO. The van der Waals surface area contributed by atoms with Crippen LogP contribution in [-0.2, 0) is 4.79 Å². The van der Waals surface area contributed by atoms with E-state index < -0.39 is 0 Å². The highest BCUT2D eigenvalue weighted by molar-refractivity contribution is 5.76. The molecule has 0 aliphatic rings. The van der Waals surface area contributed by atoms with Crippen molar-refractivity contribution in [1.82, 2.24) is 0 Å². The first-order valence-corrected chi connectivity index (χ1v) is 13.0. The average molecular weight is 396 g/mol. The summed E-state index contributed by atoms with van der Waals surface area (Å²) in [5.41, 5.74) is 5.63. The summed E-state index contributed by atoms with van der Waals surface area (Å²) >= 11 is 0. The van der Waals surface area contributed by atoms with Crippen molar-refractivity contribution in [3.63, 3.8) is 0 Å². The predicted octanol–water partition coefficient (Wildman–Crippen LogP) is 8.71. The molecule has 0 radical (unpaired) electrons. The van der Waals surface area contributed by atoms with Gasteiger partial charge in [-0.1, -0.05) is 142 Å². The monoisotopic (exact) mass is 395 g/mol. The molecule has 2 heteroatoms. The lowest BCUT2D eigenvalue weighted by molar-refractivity contribution is -0.122. The van der Waals surface area contributed by atoms with Gasteiger partial charge in [-0.05, 0) is 12.8 Å². The van der Waals surface area contributed by atoms with Gasteiger partial charge in [-0.2, -0.15) is 0 Å². The lowest BCUT2D eigenvalue weighted by Crippen LogP contribution is -2.23. The second-order valence-electron chi connectivity index (χ2n) is 9.04. The summed E-state index contributed by atoms with van der Waals surface area (Å²) in [4.78, 5) is 11.7. The van der Waals surface area contributed by atoms with Crippen molar-refractivity contribution >= 4 is 5.91 Å². The van der Waals surface area contributed by atoms with Gasteiger partial charge in [0, 0.05) is 5.92 Å². The standard InChI is InChI=1S/C26H53NO/c1-3-5-7-9-11-13-14-15-16-18-20-22-24-25(26(27)28)23-21-19-17-12-10-8-6-4-2/h25H,3-24H2,1-2H3,(H2,27,28). The van der Waals surface area contributed by atoms with Crippen LogP contribution in [0, 0.1) is 5.92 Å². The molecule has 0 heterocycles. The molecule has 0 aromatic carbocycles. The quantitative estimate of drug-likeness (QED) is 0.173. The van der Waals surface area contributed by atoms with Gasteiger partial charge in [0.2, 0.25) is 5.91 Å². The molecule has 1 amide bonds. The van der Waals surface area contributed by atoms with Crippen LogP contribution in [0.25, 0.3) is 0 Å². The molecule has 0 fully saturated rings. The van der Waals surface area contributed by atoms with Gasteiger partial charge in [0.05, 0.1) is 0 Å². The van der Waals surface area contributed by atoms with Crippen molar-refractivity contribution in [1.29, 1.82) is 0 Å². The van der Waals surface area contributed by atoms with E-state index in [0.29, 0.717) is 0 Å². The Morgan fingerprint density at radius 3 is 1.00 bits per heavy atom. The van der Waals surface area contributed by atoms with E-state index in [9.17, 15) is 4.79 Å². The van der Waals surface area contributed by atoms with Crippen LogP contribution in [0.3, 0.4) is 0 Å². The molecule has 0 bridgehead atoms. The number of carbonyl (C=O) groups is 1. The maximum Gasteiger partial charge on any atom is 0.220 e. The minimum atomic E-state index is -0.0639. The molecule has 2 nitrogen and oxygen atoms in total. The van der Waals surface area contributed by atoms with Gasteiger partial charge in [-0.3, -0.25) is 4.79 Å². The third kappa shape index (κ3) is 20.2. The molecule has 0 saturated heterocycles. The fourth-order valence-corrected chi connectivity index (χ4v) is 4.19. The number of primary amides is 1. The largest absolute Gasteiger partial charge is 0.369 e. The number of hydrogen-bond acceptors (Lipinski definition) is 1. The maximum absolute atomic E-state index is 11.7. The summed E-state index contributed by atoms with van der Waals surface area (Å²) in [6, 6.07) is 0. The van der Waals surface area contributed by atoms with Gasteiger partial charge >= 0.3 is 0 Å². The number of carbonyl (C=O) groups excluding carboxylic acids is 1. The highest BCUT2D eigenvalue weighted by Crippen LogP contribution is 2.19. The number of rotatable bonds is 23. The van der Waals surface area contributed by atoms with Gasteiger partial charge < -0.3 is 5.73 Å². The Kier molecular flexibility index (Phi) is 22.3. The zero-order valence-corrected chi connectivity index (χ0v) is 19.6. The second-order valence-corrected chi connectivity index (χ2v) is 9.04. The Morgan fingerprint density at radius 1 is 0.500 bits per heavy atom. The van der Waals surface area contributed by atoms with E-state index in [1.54, 1.807) is 0 Å². The molecule has 2 N–H and O–H groups in total. The molecule has 0 aliphatic carbocycles. The van der Waals surface area contributed by atoms with E-state index in [2.05, 4.69) is 13.8 Å². The third-order valence-corrected chi connectivity index (χ3v) is 6.21. The Bertz CT molecular complexity index is 316. The van der Waals surface area contributed by atoms with Gasteiger partial charge in [0.1, 0.15) is 0 Å². The summed E-state index contributed by atoms with van der Waals surface area (Å²) in [6.45, 7) is 4.54. The maximum atomic E-state index is 11.7. The molecule has 1 atom stereocenters. The van der Waals surface area contributed by atoms with E-state index >= 15 is 0 Å². The minimum Gasteiger partial charge on any atom is -0.369 e. The van der Waals surface area contributed by atoms with Crippen molar-refractivity contribution in [3.8, 4) is 0 Å². The molecule has 28 heavy (non-hydrogen) atoms. The van der Waals surface area contributed by atoms with Gasteiger partial charge in [-0.15, -0.1) is 0 Å². The lowest BCUT2D eigenvalue weighted by Gasteiger charge is -2.13. The van der Waals surface area contributed by atoms with Crippen molar-refractivity contribution in [2.24, 2.45) is 11.7 Å². The van der Waals surface area contributed by atoms with Crippen LogP contribution >= 0.6 is 0 Å². The first-order valence-electron chi connectivity index (χ1n) is 13.0. The molecule has 0 spiro atoms. The molecule has 0 aromatic rings. The number of nitrogens with two attached hydrogens (primary N) is 1. The topological polar surface area (TPSA) is 43.1 Å². The predicted molar refractivity (Wildman–Crippen MR) is 126 cm³/mol. The molecule has 168 valence electrons. The molecule has 0 rings (SSSR count). The molecule has 1 unspecified atom stereocenters. The lowest BCUT2D eigenvalue weighted by atomic mass is 9.93. The fourth-order valence-electron chi connectivity index (χ4n) is 4.19. The van der Waals surface area contributed by atoms with Crippen LogP contribution in [0.15, 0.2) is 0 Å². The van der Waals surface area contributed by atoms with Crippen molar-refractivity contribution < 1.29 is 4.79 Å². The number of amides is 1. The van der Waals surface area contributed by atoms with Crippen LogP contribution in [0.2, 0.25) is 0 Å². The van der Waals surface area contributed by atoms with Gasteiger partial charge in [-0.25, -0.2) is 0 Å². The zero-order valence-electron chi connectivity index (χ0n) is 19.6. The summed E-state index contributed by atoms with van der Waals surface area (Å²) in [5.74, 6) is 0.0641. The summed E-state index contributed by atoms with van der Waals surface area (Å²) in [6.07, 6.45) is 29.1. The summed E-state index contributed by atoms with van der Waals surface area (Å²) in [7, 11) is 0. The average Bonchev–Trinajstić information content (AvgIpc) is 2.68. The summed E-state index contributed by atoms with van der Waals surface area (Å²) < 4.78 is 0. The van der Waals surface area contributed by atoms with Crippen molar-refractivity contribution in [2.75, 3.05) is 0 Å². The highest BCUT2D eigenvalue weighted by Gasteiger charge is 2.14. The van der Waals surface area contributed by atoms with Crippen LogP contribution in [0.1, 0.15) is 155 Å². The molecule has 0 aliphatic heterocycles. The molecule has 0 saturated carbocycles. The Labute approximate surface area is 177 Å². The SMILES string of the molecule is CCCCCCCCCCCCCCC(CCCCCCCCCC)C(N)=O. The normalized spacial score (nSPS) is 12.4. The number of unbranched alkanes of at least 4 members (excludes halogenated alkanes) is 18. The summed E-state index contributed by atoms with van der Waals surface area (Å²) in [5, 5.41) is 0. The van der Waals surface area contributed by atoms with Crippen LogP contribution in [-0.4, -0.2) is 5.91 Å². The van der Waals surface area contributed by atoms with E-state index in [0.717, 1.165) is 12.8 Å². The van der Waals surface area contributed by atoms with E-state index in [4.69, 9.17) is 5.73 Å². The molecule has 0 aromatic heterocycles. The van der Waals surface area contributed by atoms with E-state index in [1.165, 1.54) is 128 Å². The van der Waals surface area contributed by atoms with Gasteiger partial charge in [0.15, 0.2) is 0 Å². The van der Waals surface area contributed by atoms with Gasteiger partial charge in [0.25, 0.3) is 0 Å². The molecular weight excluding hydrogens is 342 g/mol. The smallest absolute Gasteiger partial charge is 0.220 e. The van der Waals surface area contributed by atoms with Crippen molar-refractivity contribution in [2.45, 2.75) is 155 Å². The van der Waals surface area contributed by atoms with E-state index in [1.807, 2.05) is 0 Å². The zero-order chi connectivity index (χ0) is 20.7. The highest BCUT2D eigenvalue weighted by atomic mass is 16.1. The first kappa shape index (κ1) is 27.5. The third-order valence-electron chi connectivity index (χ3n) is 6.21.